The van der Waals surface area contributed by atoms with Gasteiger partial charge in [-0.05, 0) is 42.8 Å². The Balaban J connectivity index is 1.59. The molecule has 0 saturated heterocycles. The molecule has 1 unspecified atom stereocenters. The zero-order chi connectivity index (χ0) is 24.1. The highest BCUT2D eigenvalue weighted by Gasteiger charge is 2.19. The van der Waals surface area contributed by atoms with Gasteiger partial charge in [0.15, 0.2) is 5.16 Å². The number of aromatic nitrogens is 2. The standard InChI is InChI=1S/C26H24N4O3S/c1-17(19-9-4-3-5-10-19)30-25(33)22-13-6-7-14-23(22)29-26(30)34-16-24(32)28-21-12-8-11-20(15-21)27-18(2)31/h3-15,17H,16H2,1-2H3,(H,27,31)(H,28,32). The smallest absolute Gasteiger partial charge is 0.262 e. The Morgan fingerprint density at radius 2 is 1.62 bits per heavy atom. The van der Waals surface area contributed by atoms with Gasteiger partial charge in [0.25, 0.3) is 5.56 Å². The molecule has 0 saturated carbocycles. The molecule has 1 aromatic heterocycles. The molecule has 34 heavy (non-hydrogen) atoms. The van der Waals surface area contributed by atoms with Gasteiger partial charge in [0.05, 0.1) is 22.7 Å². The van der Waals surface area contributed by atoms with E-state index < -0.39 is 0 Å². The molecule has 0 spiro atoms. The summed E-state index contributed by atoms with van der Waals surface area (Å²) >= 11 is 1.21. The number of hydrogen-bond acceptors (Lipinski definition) is 5. The zero-order valence-corrected chi connectivity index (χ0v) is 19.6. The summed E-state index contributed by atoms with van der Waals surface area (Å²) in [6.07, 6.45) is 0. The largest absolute Gasteiger partial charge is 0.326 e. The molecule has 1 atom stereocenters. The van der Waals surface area contributed by atoms with Gasteiger partial charge in [-0.2, -0.15) is 0 Å². The summed E-state index contributed by atoms with van der Waals surface area (Å²) in [5.74, 6) is -0.366. The lowest BCUT2D eigenvalue weighted by atomic mass is 10.1. The van der Waals surface area contributed by atoms with E-state index >= 15 is 0 Å². The Labute approximate surface area is 201 Å². The van der Waals surface area contributed by atoms with Crippen LogP contribution < -0.4 is 16.2 Å². The first kappa shape index (κ1) is 23.3. The van der Waals surface area contributed by atoms with Crippen molar-refractivity contribution >= 4 is 45.9 Å². The third-order valence-electron chi connectivity index (χ3n) is 5.24. The first-order valence-corrected chi connectivity index (χ1v) is 11.8. The maximum absolute atomic E-state index is 13.4. The fourth-order valence-corrected chi connectivity index (χ4v) is 4.53. The lowest BCUT2D eigenvalue weighted by Gasteiger charge is -2.20. The van der Waals surface area contributed by atoms with Crippen molar-refractivity contribution in [2.24, 2.45) is 0 Å². The molecule has 7 nitrogen and oxygen atoms in total. The molecule has 4 rings (SSSR count). The molecule has 3 aromatic carbocycles. The molecule has 0 aliphatic heterocycles. The quantitative estimate of drug-likeness (QED) is 0.301. The van der Waals surface area contributed by atoms with Gasteiger partial charge >= 0.3 is 0 Å². The molecule has 0 aliphatic rings. The van der Waals surface area contributed by atoms with Gasteiger partial charge in [-0.3, -0.25) is 19.0 Å². The summed E-state index contributed by atoms with van der Waals surface area (Å²) in [7, 11) is 0. The predicted octanol–water partition coefficient (Wildman–Crippen LogP) is 4.70. The molecule has 0 radical (unpaired) electrons. The van der Waals surface area contributed by atoms with E-state index in [1.807, 2.05) is 49.4 Å². The highest BCUT2D eigenvalue weighted by Crippen LogP contribution is 2.25. The Morgan fingerprint density at radius 3 is 2.35 bits per heavy atom. The fourth-order valence-electron chi connectivity index (χ4n) is 3.65. The van der Waals surface area contributed by atoms with E-state index in [9.17, 15) is 14.4 Å². The summed E-state index contributed by atoms with van der Waals surface area (Å²) in [6, 6.07) is 23.6. The van der Waals surface area contributed by atoms with E-state index in [-0.39, 0.29) is 29.2 Å². The zero-order valence-electron chi connectivity index (χ0n) is 18.8. The molecule has 1 heterocycles. The number of amides is 2. The summed E-state index contributed by atoms with van der Waals surface area (Å²) in [5.41, 5.74) is 2.59. The predicted molar refractivity (Wildman–Crippen MR) is 136 cm³/mol. The Morgan fingerprint density at radius 1 is 0.941 bits per heavy atom. The summed E-state index contributed by atoms with van der Waals surface area (Å²) in [4.78, 5) is 42.1. The number of hydrogen-bond donors (Lipinski definition) is 2. The van der Waals surface area contributed by atoms with E-state index in [0.717, 1.165) is 5.56 Å². The highest BCUT2D eigenvalue weighted by molar-refractivity contribution is 7.99. The molecule has 172 valence electrons. The molecule has 0 aliphatic carbocycles. The number of thioether (sulfide) groups is 1. The highest BCUT2D eigenvalue weighted by atomic mass is 32.2. The van der Waals surface area contributed by atoms with Crippen molar-refractivity contribution in [2.45, 2.75) is 25.0 Å². The Kier molecular flexibility index (Phi) is 7.08. The summed E-state index contributed by atoms with van der Waals surface area (Å²) < 4.78 is 1.65. The van der Waals surface area contributed by atoms with Crippen molar-refractivity contribution in [3.63, 3.8) is 0 Å². The van der Waals surface area contributed by atoms with Crippen molar-refractivity contribution in [3.05, 3.63) is 94.8 Å². The van der Waals surface area contributed by atoms with Crippen molar-refractivity contribution in [3.8, 4) is 0 Å². The second-order valence-corrected chi connectivity index (χ2v) is 8.71. The van der Waals surface area contributed by atoms with Crippen LogP contribution in [0.25, 0.3) is 10.9 Å². The minimum atomic E-state index is -0.259. The Hall–Kier alpha value is -3.91. The average Bonchev–Trinajstić information content (AvgIpc) is 2.83. The van der Waals surface area contributed by atoms with Crippen LogP contribution in [0.3, 0.4) is 0 Å². The van der Waals surface area contributed by atoms with Gasteiger partial charge in [0, 0.05) is 18.3 Å². The molecule has 0 bridgehead atoms. The van der Waals surface area contributed by atoms with Crippen LogP contribution in [-0.2, 0) is 9.59 Å². The minimum Gasteiger partial charge on any atom is -0.326 e. The number of benzene rings is 3. The normalized spacial score (nSPS) is 11.7. The average molecular weight is 473 g/mol. The van der Waals surface area contributed by atoms with Crippen molar-refractivity contribution in [2.75, 3.05) is 16.4 Å². The number of nitrogens with zero attached hydrogens (tertiary/aromatic N) is 2. The van der Waals surface area contributed by atoms with Crippen LogP contribution in [0, 0.1) is 0 Å². The maximum Gasteiger partial charge on any atom is 0.262 e. The van der Waals surface area contributed by atoms with Gasteiger partial charge in [-0.25, -0.2) is 4.98 Å². The van der Waals surface area contributed by atoms with E-state index in [1.54, 1.807) is 41.0 Å². The van der Waals surface area contributed by atoms with E-state index in [2.05, 4.69) is 10.6 Å². The number of rotatable bonds is 7. The van der Waals surface area contributed by atoms with Crippen LogP contribution in [-0.4, -0.2) is 27.1 Å². The first-order chi connectivity index (χ1) is 16.4. The number of para-hydroxylation sites is 1. The number of nitrogens with one attached hydrogen (secondary N) is 2. The summed E-state index contributed by atoms with van der Waals surface area (Å²) in [5, 5.41) is 6.53. The second kappa shape index (κ2) is 10.4. The van der Waals surface area contributed by atoms with Crippen molar-refractivity contribution in [1.29, 1.82) is 0 Å². The van der Waals surface area contributed by atoms with Crippen LogP contribution in [0.5, 0.6) is 0 Å². The van der Waals surface area contributed by atoms with Gasteiger partial charge in [-0.1, -0.05) is 60.3 Å². The molecule has 8 heteroatoms. The van der Waals surface area contributed by atoms with Gasteiger partial charge < -0.3 is 10.6 Å². The van der Waals surface area contributed by atoms with Crippen LogP contribution in [0.4, 0.5) is 11.4 Å². The van der Waals surface area contributed by atoms with Crippen LogP contribution in [0.15, 0.2) is 88.8 Å². The van der Waals surface area contributed by atoms with Gasteiger partial charge in [0.2, 0.25) is 11.8 Å². The van der Waals surface area contributed by atoms with Crippen molar-refractivity contribution < 1.29 is 9.59 Å². The lowest BCUT2D eigenvalue weighted by Crippen LogP contribution is -2.27. The van der Waals surface area contributed by atoms with E-state index in [1.165, 1.54) is 18.7 Å². The first-order valence-electron chi connectivity index (χ1n) is 10.8. The summed E-state index contributed by atoms with van der Waals surface area (Å²) in [6.45, 7) is 3.37. The molecular weight excluding hydrogens is 448 g/mol. The third-order valence-corrected chi connectivity index (χ3v) is 6.20. The third kappa shape index (κ3) is 5.35. The van der Waals surface area contributed by atoms with E-state index in [0.29, 0.717) is 27.4 Å². The topological polar surface area (TPSA) is 93.1 Å². The SMILES string of the molecule is CC(=O)Nc1cccc(NC(=O)CSc2nc3ccccc3c(=O)n2C(C)c2ccccc2)c1. The number of carbonyl (C=O) groups excluding carboxylic acids is 2. The minimum absolute atomic E-state index is 0.0661. The second-order valence-electron chi connectivity index (χ2n) is 7.77. The fraction of sp³-hybridized carbons (Fsp3) is 0.154. The van der Waals surface area contributed by atoms with Gasteiger partial charge in [0.1, 0.15) is 0 Å². The molecule has 2 amide bonds. The lowest BCUT2D eigenvalue weighted by molar-refractivity contribution is -0.114. The van der Waals surface area contributed by atoms with E-state index in [4.69, 9.17) is 4.98 Å². The maximum atomic E-state index is 13.4. The van der Waals surface area contributed by atoms with Crippen molar-refractivity contribution in [1.82, 2.24) is 9.55 Å². The number of fused-ring (bicyclic) bond motifs is 1. The van der Waals surface area contributed by atoms with Crippen LogP contribution in [0.2, 0.25) is 0 Å². The Bertz CT molecular complexity index is 1400. The van der Waals surface area contributed by atoms with Gasteiger partial charge in [-0.15, -0.1) is 0 Å². The van der Waals surface area contributed by atoms with Crippen LogP contribution in [0.1, 0.15) is 25.5 Å². The monoisotopic (exact) mass is 472 g/mol. The molecule has 0 fully saturated rings. The molecule has 2 N–H and O–H groups in total. The molecular formula is C26H24N4O3S. The number of anilines is 2. The number of carbonyl (C=O) groups is 2. The van der Waals surface area contributed by atoms with Crippen LogP contribution >= 0.6 is 11.8 Å². The molecule has 4 aromatic rings.